The highest BCUT2D eigenvalue weighted by atomic mass is 79.9. The van der Waals surface area contributed by atoms with E-state index < -0.39 is 23.6 Å². The molecule has 0 saturated carbocycles. The lowest BCUT2D eigenvalue weighted by Gasteiger charge is -2.36. The van der Waals surface area contributed by atoms with E-state index >= 15 is 0 Å². The van der Waals surface area contributed by atoms with Crippen LogP contribution in [0.2, 0.25) is 0 Å². The van der Waals surface area contributed by atoms with Gasteiger partial charge in [-0.2, -0.15) is 9.61 Å². The largest absolute Gasteiger partial charge is 0.444 e. The van der Waals surface area contributed by atoms with Crippen molar-refractivity contribution in [1.82, 2.24) is 24.4 Å². The second-order valence-electron chi connectivity index (χ2n) is 12.1. The van der Waals surface area contributed by atoms with Gasteiger partial charge in [-0.25, -0.2) is 14.0 Å². The number of halogens is 2. The first-order chi connectivity index (χ1) is 20.8. The van der Waals surface area contributed by atoms with Crippen LogP contribution in [0.25, 0.3) is 5.52 Å². The summed E-state index contributed by atoms with van der Waals surface area (Å²) in [5, 5.41) is 7.22. The van der Waals surface area contributed by atoms with Crippen molar-refractivity contribution in [3.05, 3.63) is 104 Å². The van der Waals surface area contributed by atoms with Crippen molar-refractivity contribution in [3.8, 4) is 0 Å². The van der Waals surface area contributed by atoms with Crippen molar-refractivity contribution in [2.45, 2.75) is 66.2 Å². The third-order valence-corrected chi connectivity index (χ3v) is 8.06. The Kier molecular flexibility index (Phi) is 10.3. The molecule has 11 heteroatoms. The molecule has 2 amide bonds. The summed E-state index contributed by atoms with van der Waals surface area (Å²) >= 11 is 3.59. The van der Waals surface area contributed by atoms with Gasteiger partial charge >= 0.3 is 11.8 Å². The first-order valence-electron chi connectivity index (χ1n) is 14.6. The molecule has 4 aromatic rings. The molecule has 0 aliphatic carbocycles. The number of rotatable bonds is 10. The molecule has 0 aliphatic heterocycles. The zero-order valence-corrected chi connectivity index (χ0v) is 27.5. The molecule has 1 N–H and O–H groups in total. The lowest BCUT2D eigenvalue weighted by molar-refractivity contribution is 0.0520. The third-order valence-electron chi connectivity index (χ3n) is 7.08. The molecule has 0 bridgehead atoms. The van der Waals surface area contributed by atoms with E-state index in [-0.39, 0.29) is 37.1 Å². The van der Waals surface area contributed by atoms with Crippen LogP contribution in [-0.4, -0.2) is 49.8 Å². The monoisotopic (exact) mass is 667 g/mol. The van der Waals surface area contributed by atoms with Gasteiger partial charge in [0.25, 0.3) is 5.91 Å². The van der Waals surface area contributed by atoms with Crippen LogP contribution in [0.15, 0.2) is 69.9 Å². The normalized spacial score (nSPS) is 12.4. The Morgan fingerprint density at radius 1 is 1.09 bits per heavy atom. The van der Waals surface area contributed by atoms with E-state index in [1.807, 2.05) is 57.2 Å². The van der Waals surface area contributed by atoms with E-state index in [1.54, 1.807) is 30.2 Å². The summed E-state index contributed by atoms with van der Waals surface area (Å²) in [6.45, 7) is 11.9. The average Bonchev–Trinajstić information content (AvgIpc) is 3.24. The summed E-state index contributed by atoms with van der Waals surface area (Å²) in [7, 11) is 0. The summed E-state index contributed by atoms with van der Waals surface area (Å²) in [4.78, 5) is 42.2. The number of fused-ring (bicyclic) bond motifs is 1. The molecule has 0 aliphatic rings. The van der Waals surface area contributed by atoms with Gasteiger partial charge in [-0.1, -0.05) is 44.2 Å². The molecule has 0 saturated heterocycles. The highest BCUT2D eigenvalue weighted by Gasteiger charge is 2.32. The number of ether oxygens (including phenoxy) is 1. The number of benzene rings is 2. The molecule has 2 aromatic carbocycles. The molecular weight excluding hydrogens is 629 g/mol. The molecular formula is C33H39BrFN5O4. The van der Waals surface area contributed by atoms with Gasteiger partial charge < -0.3 is 15.0 Å². The van der Waals surface area contributed by atoms with Gasteiger partial charge in [0.15, 0.2) is 0 Å². The van der Waals surface area contributed by atoms with Crippen molar-refractivity contribution in [3.63, 3.8) is 0 Å². The Labute approximate surface area is 265 Å². The predicted molar refractivity (Wildman–Crippen MR) is 171 cm³/mol. The fourth-order valence-electron chi connectivity index (χ4n) is 5.15. The number of nitrogens with zero attached hydrogens (tertiary/aromatic N) is 4. The average molecular weight is 669 g/mol. The maximum Gasteiger partial charge on any atom is 0.407 e. The number of amides is 2. The fourth-order valence-corrected chi connectivity index (χ4v) is 5.51. The molecule has 2 aromatic heterocycles. The molecule has 234 valence electrons. The lowest BCUT2D eigenvalue weighted by atomic mass is 9.96. The van der Waals surface area contributed by atoms with Crippen molar-refractivity contribution in [2.75, 3.05) is 13.1 Å². The Morgan fingerprint density at radius 2 is 1.75 bits per heavy atom. The van der Waals surface area contributed by atoms with Gasteiger partial charge in [0, 0.05) is 24.3 Å². The van der Waals surface area contributed by atoms with E-state index in [4.69, 9.17) is 4.74 Å². The summed E-state index contributed by atoms with van der Waals surface area (Å²) in [5.74, 6) is -0.897. The van der Waals surface area contributed by atoms with Crippen LogP contribution in [0.5, 0.6) is 0 Å². The van der Waals surface area contributed by atoms with Crippen LogP contribution in [0.1, 0.15) is 74.4 Å². The van der Waals surface area contributed by atoms with Gasteiger partial charge in [0.05, 0.1) is 28.3 Å². The minimum Gasteiger partial charge on any atom is -0.444 e. The minimum absolute atomic E-state index is 0.134. The number of carbonyl (C=O) groups is 2. The molecule has 44 heavy (non-hydrogen) atoms. The van der Waals surface area contributed by atoms with Crippen molar-refractivity contribution in [1.29, 1.82) is 0 Å². The number of carbonyl (C=O) groups excluding carboxylic acids is 2. The van der Waals surface area contributed by atoms with Gasteiger partial charge in [0.1, 0.15) is 11.4 Å². The Hall–Kier alpha value is -3.99. The number of hydrogen-bond acceptors (Lipinski definition) is 5. The first kappa shape index (κ1) is 32.9. The molecule has 1 atom stereocenters. The lowest BCUT2D eigenvalue weighted by Crippen LogP contribution is -2.43. The molecule has 4 rings (SSSR count). The van der Waals surface area contributed by atoms with Gasteiger partial charge in [-0.05, 0) is 91.9 Å². The Balaban J connectivity index is 1.80. The zero-order valence-electron chi connectivity index (χ0n) is 25.9. The van der Waals surface area contributed by atoms with Gasteiger partial charge in [-0.15, -0.1) is 0 Å². The summed E-state index contributed by atoms with van der Waals surface area (Å²) in [5.41, 5.74) is 2.16. The highest BCUT2D eigenvalue weighted by molar-refractivity contribution is 9.10. The minimum atomic E-state index is -0.640. The fraction of sp³-hybridized carbons (Fsp3) is 0.394. The Morgan fingerprint density at radius 3 is 2.36 bits per heavy atom. The molecule has 2 heterocycles. The summed E-state index contributed by atoms with van der Waals surface area (Å²) in [6.07, 6.45) is -0.131. The van der Waals surface area contributed by atoms with Crippen LogP contribution < -0.4 is 11.0 Å². The van der Waals surface area contributed by atoms with Crippen molar-refractivity contribution in [2.24, 2.45) is 5.92 Å². The molecule has 1 unspecified atom stereocenters. The van der Waals surface area contributed by atoms with Crippen molar-refractivity contribution < 1.29 is 18.7 Å². The van der Waals surface area contributed by atoms with Crippen LogP contribution >= 0.6 is 15.9 Å². The molecule has 0 radical (unpaired) electrons. The summed E-state index contributed by atoms with van der Waals surface area (Å²) < 4.78 is 22.9. The van der Waals surface area contributed by atoms with Crippen LogP contribution in [0, 0.1) is 18.7 Å². The van der Waals surface area contributed by atoms with E-state index in [1.165, 1.54) is 28.8 Å². The SMILES string of the molecule is Cc1nn2c(=O)n(Cc3ccccc3)c(C(C(C)C)N(CCCNC(=O)OC(C)(C)C)C(=O)c3ccc(F)cc3)cc2c1Br. The van der Waals surface area contributed by atoms with Crippen LogP contribution in [0.3, 0.4) is 0 Å². The third kappa shape index (κ3) is 7.74. The van der Waals surface area contributed by atoms with Crippen LogP contribution in [0.4, 0.5) is 9.18 Å². The molecule has 0 fully saturated rings. The number of alkyl carbamates (subject to hydrolysis) is 1. The topological polar surface area (TPSA) is 97.9 Å². The predicted octanol–water partition coefficient (Wildman–Crippen LogP) is 6.51. The highest BCUT2D eigenvalue weighted by Crippen LogP contribution is 2.33. The smallest absolute Gasteiger partial charge is 0.407 e. The number of nitrogens with one attached hydrogen (secondary N) is 1. The standard InChI is InChI=1S/C33H39BrFN5O4/c1-21(2)29(27-19-26-28(34)22(3)37-40(26)32(43)39(27)20-23-11-8-7-9-12-23)38(30(41)24-13-15-25(35)16-14-24)18-10-17-36-31(42)44-33(4,5)6/h7-9,11-16,19,21,29H,10,17-18,20H2,1-6H3,(H,36,42). The van der Waals surface area contributed by atoms with Gasteiger partial charge in [0.2, 0.25) is 0 Å². The Bertz CT molecular complexity index is 1680. The maximum absolute atomic E-state index is 14.2. The number of hydrogen-bond donors (Lipinski definition) is 1. The maximum atomic E-state index is 14.2. The van der Waals surface area contributed by atoms with E-state index in [2.05, 4.69) is 26.3 Å². The molecule has 9 nitrogen and oxygen atoms in total. The van der Waals surface area contributed by atoms with Crippen molar-refractivity contribution >= 4 is 33.4 Å². The quantitative estimate of drug-likeness (QED) is 0.195. The number of aryl methyl sites for hydroxylation is 1. The molecule has 0 spiro atoms. The van der Waals surface area contributed by atoms with Crippen LogP contribution in [-0.2, 0) is 11.3 Å². The summed E-state index contributed by atoms with van der Waals surface area (Å²) in [6, 6.07) is 16.4. The second kappa shape index (κ2) is 13.8. The first-order valence-corrected chi connectivity index (χ1v) is 15.4. The second-order valence-corrected chi connectivity index (χ2v) is 12.9. The zero-order chi connectivity index (χ0) is 32.2. The van der Waals surface area contributed by atoms with Gasteiger partial charge in [-0.3, -0.25) is 9.36 Å². The van der Waals surface area contributed by atoms with E-state index in [9.17, 15) is 18.8 Å². The number of aromatic nitrogens is 3. The van der Waals surface area contributed by atoms with E-state index in [0.29, 0.717) is 33.4 Å². The van der Waals surface area contributed by atoms with E-state index in [0.717, 1.165) is 5.56 Å².